The lowest BCUT2D eigenvalue weighted by atomic mass is 10.1. The van der Waals surface area contributed by atoms with E-state index in [4.69, 9.17) is 4.74 Å². The molecule has 128 valence electrons. The van der Waals surface area contributed by atoms with Crippen LogP contribution in [0.2, 0.25) is 0 Å². The Morgan fingerprint density at radius 1 is 1.22 bits per heavy atom. The highest BCUT2D eigenvalue weighted by Gasteiger charge is 2.30. The Hall–Kier alpha value is -1.60. The van der Waals surface area contributed by atoms with Gasteiger partial charge >= 0.3 is 0 Å². The number of hydrogen-bond donors (Lipinski definition) is 1. The lowest BCUT2D eigenvalue weighted by Crippen LogP contribution is -2.47. The molecule has 1 amide bonds. The van der Waals surface area contributed by atoms with Crippen LogP contribution in [0.3, 0.4) is 0 Å². The first-order valence-corrected chi connectivity index (χ1v) is 9.23. The molecule has 1 aliphatic heterocycles. The summed E-state index contributed by atoms with van der Waals surface area (Å²) in [6.45, 7) is 4.52. The fourth-order valence-electron chi connectivity index (χ4n) is 2.51. The largest absolute Gasteiger partial charge is 0.497 e. The van der Waals surface area contributed by atoms with Gasteiger partial charge in [-0.05, 0) is 37.1 Å². The number of nitrogens with one attached hydrogen (secondary N) is 1. The molecule has 23 heavy (non-hydrogen) atoms. The first-order valence-electron chi connectivity index (χ1n) is 7.79. The highest BCUT2D eigenvalue weighted by Crippen LogP contribution is 2.22. The third-order valence-corrected chi connectivity index (χ3v) is 5.93. The lowest BCUT2D eigenvalue weighted by molar-refractivity contribution is -0.124. The van der Waals surface area contributed by atoms with E-state index in [1.165, 1.54) is 4.31 Å². The van der Waals surface area contributed by atoms with E-state index in [0.29, 0.717) is 31.7 Å². The molecule has 0 atom stereocenters. The second-order valence-electron chi connectivity index (χ2n) is 6.02. The number of ether oxygens (including phenoxy) is 1. The van der Waals surface area contributed by atoms with E-state index in [9.17, 15) is 13.2 Å². The third-order valence-electron chi connectivity index (χ3n) is 4.02. The summed E-state index contributed by atoms with van der Waals surface area (Å²) in [6.07, 6.45) is 1.27. The van der Waals surface area contributed by atoms with Crippen LogP contribution in [0.4, 0.5) is 0 Å². The number of rotatable bonds is 5. The smallest absolute Gasteiger partial charge is 0.243 e. The van der Waals surface area contributed by atoms with Crippen molar-refractivity contribution >= 4 is 15.9 Å². The third kappa shape index (κ3) is 4.23. The van der Waals surface area contributed by atoms with Gasteiger partial charge < -0.3 is 10.1 Å². The number of amides is 1. The highest BCUT2D eigenvalue weighted by atomic mass is 32.2. The van der Waals surface area contributed by atoms with Gasteiger partial charge in [0.15, 0.2) is 0 Å². The van der Waals surface area contributed by atoms with E-state index < -0.39 is 10.0 Å². The molecular weight excluding hydrogens is 316 g/mol. The molecule has 1 aromatic rings. The maximum Gasteiger partial charge on any atom is 0.243 e. The van der Waals surface area contributed by atoms with E-state index in [1.807, 2.05) is 13.8 Å². The van der Waals surface area contributed by atoms with Crippen molar-refractivity contribution in [2.45, 2.75) is 37.6 Å². The number of carbonyl (C=O) groups excluding carboxylic acids is 1. The average molecular weight is 340 g/mol. The SMILES string of the molecule is COc1ccc(S(=O)(=O)N2CCC(NC(=O)C(C)C)CC2)cc1. The first-order chi connectivity index (χ1) is 10.8. The van der Waals surface area contributed by atoms with Crippen molar-refractivity contribution in [2.75, 3.05) is 20.2 Å². The second kappa shape index (κ2) is 7.31. The molecule has 0 radical (unpaired) electrons. The Labute approximate surface area is 137 Å². The van der Waals surface area contributed by atoms with E-state index >= 15 is 0 Å². The summed E-state index contributed by atoms with van der Waals surface area (Å²) >= 11 is 0. The van der Waals surface area contributed by atoms with Crippen molar-refractivity contribution in [3.8, 4) is 5.75 Å². The Morgan fingerprint density at radius 2 is 1.78 bits per heavy atom. The van der Waals surface area contributed by atoms with Gasteiger partial charge in [-0.15, -0.1) is 0 Å². The van der Waals surface area contributed by atoms with Crippen LogP contribution in [-0.4, -0.2) is 44.9 Å². The van der Waals surface area contributed by atoms with Gasteiger partial charge in [0, 0.05) is 25.0 Å². The minimum atomic E-state index is -3.49. The summed E-state index contributed by atoms with van der Waals surface area (Å²) in [6, 6.07) is 6.44. The summed E-state index contributed by atoms with van der Waals surface area (Å²) in [4.78, 5) is 12.0. The van der Waals surface area contributed by atoms with Gasteiger partial charge in [0.1, 0.15) is 5.75 Å². The van der Waals surface area contributed by atoms with Crippen LogP contribution in [0, 0.1) is 5.92 Å². The molecule has 7 heteroatoms. The van der Waals surface area contributed by atoms with Crippen molar-refractivity contribution < 1.29 is 17.9 Å². The molecule has 0 bridgehead atoms. The number of piperidine rings is 1. The Bertz CT molecular complexity index is 633. The zero-order chi connectivity index (χ0) is 17.0. The highest BCUT2D eigenvalue weighted by molar-refractivity contribution is 7.89. The molecule has 1 aromatic carbocycles. The molecule has 6 nitrogen and oxygen atoms in total. The van der Waals surface area contributed by atoms with E-state index in [1.54, 1.807) is 31.4 Å². The molecule has 1 saturated heterocycles. The van der Waals surface area contributed by atoms with E-state index in [-0.39, 0.29) is 22.8 Å². The fourth-order valence-corrected chi connectivity index (χ4v) is 3.97. The minimum Gasteiger partial charge on any atom is -0.497 e. The van der Waals surface area contributed by atoms with Crippen LogP contribution in [0.1, 0.15) is 26.7 Å². The van der Waals surface area contributed by atoms with Crippen LogP contribution in [0.25, 0.3) is 0 Å². The molecule has 0 aliphatic carbocycles. The molecule has 1 aliphatic rings. The van der Waals surface area contributed by atoms with Crippen molar-refractivity contribution in [1.29, 1.82) is 0 Å². The van der Waals surface area contributed by atoms with Gasteiger partial charge in [0.05, 0.1) is 12.0 Å². The monoisotopic (exact) mass is 340 g/mol. The average Bonchev–Trinajstić information content (AvgIpc) is 2.55. The summed E-state index contributed by atoms with van der Waals surface area (Å²) in [5.74, 6) is 0.580. The second-order valence-corrected chi connectivity index (χ2v) is 7.96. The number of carbonyl (C=O) groups is 1. The molecule has 1 N–H and O–H groups in total. The maximum atomic E-state index is 12.6. The molecule has 1 fully saturated rings. The number of hydrogen-bond acceptors (Lipinski definition) is 4. The van der Waals surface area contributed by atoms with Crippen molar-refractivity contribution in [1.82, 2.24) is 9.62 Å². The molecule has 0 spiro atoms. The van der Waals surface area contributed by atoms with E-state index in [0.717, 1.165) is 0 Å². The zero-order valence-electron chi connectivity index (χ0n) is 13.8. The van der Waals surface area contributed by atoms with Crippen molar-refractivity contribution in [3.05, 3.63) is 24.3 Å². The molecule has 0 saturated carbocycles. The van der Waals surface area contributed by atoms with Crippen LogP contribution < -0.4 is 10.1 Å². The summed E-state index contributed by atoms with van der Waals surface area (Å²) in [5.41, 5.74) is 0. The number of benzene rings is 1. The summed E-state index contributed by atoms with van der Waals surface area (Å²) in [7, 11) is -1.95. The zero-order valence-corrected chi connectivity index (χ0v) is 14.6. The van der Waals surface area contributed by atoms with Gasteiger partial charge in [0.2, 0.25) is 15.9 Å². The van der Waals surface area contributed by atoms with E-state index in [2.05, 4.69) is 5.32 Å². The van der Waals surface area contributed by atoms with Gasteiger partial charge in [0.25, 0.3) is 0 Å². The predicted molar refractivity (Wildman–Crippen MR) is 87.8 cm³/mol. The fraction of sp³-hybridized carbons (Fsp3) is 0.562. The Morgan fingerprint density at radius 3 is 2.26 bits per heavy atom. The summed E-state index contributed by atoms with van der Waals surface area (Å²) in [5, 5.41) is 2.97. The van der Waals surface area contributed by atoms with Gasteiger partial charge in [-0.1, -0.05) is 13.8 Å². The van der Waals surface area contributed by atoms with Crippen molar-refractivity contribution in [3.63, 3.8) is 0 Å². The standard InChI is InChI=1S/C16H24N2O4S/c1-12(2)16(19)17-13-8-10-18(11-9-13)23(20,21)15-6-4-14(22-3)5-7-15/h4-7,12-13H,8-11H2,1-3H3,(H,17,19). The molecular formula is C16H24N2O4S. The first kappa shape index (κ1) is 17.7. The van der Waals surface area contributed by atoms with Crippen LogP contribution in [0.15, 0.2) is 29.2 Å². The van der Waals surface area contributed by atoms with Gasteiger partial charge in [-0.3, -0.25) is 4.79 Å². The number of sulfonamides is 1. The predicted octanol–water partition coefficient (Wildman–Crippen LogP) is 1.62. The number of nitrogens with zero attached hydrogens (tertiary/aromatic N) is 1. The van der Waals surface area contributed by atoms with Gasteiger partial charge in [-0.25, -0.2) is 8.42 Å². The molecule has 2 rings (SSSR count). The Balaban J connectivity index is 1.99. The number of methoxy groups -OCH3 is 1. The van der Waals surface area contributed by atoms with Crippen LogP contribution in [0.5, 0.6) is 5.75 Å². The Kier molecular flexibility index (Phi) is 5.64. The topological polar surface area (TPSA) is 75.7 Å². The normalized spacial score (nSPS) is 17.2. The quantitative estimate of drug-likeness (QED) is 0.884. The molecule has 0 unspecified atom stereocenters. The maximum absolute atomic E-state index is 12.6. The van der Waals surface area contributed by atoms with Gasteiger partial charge in [-0.2, -0.15) is 4.31 Å². The molecule has 1 heterocycles. The van der Waals surface area contributed by atoms with Crippen molar-refractivity contribution in [2.24, 2.45) is 5.92 Å². The van der Waals surface area contributed by atoms with Crippen LogP contribution in [-0.2, 0) is 14.8 Å². The minimum absolute atomic E-state index is 0.0152. The molecule has 0 aromatic heterocycles. The van der Waals surface area contributed by atoms with Crippen LogP contribution >= 0.6 is 0 Å². The lowest BCUT2D eigenvalue weighted by Gasteiger charge is -2.32. The summed E-state index contributed by atoms with van der Waals surface area (Å²) < 4.78 is 31.8.